The molecular weight excluding hydrogens is 204 g/mol. The molecule has 0 heterocycles. The molecule has 3 nitrogen and oxygen atoms in total. The van der Waals surface area contributed by atoms with Crippen LogP contribution in [0.25, 0.3) is 0 Å². The standard InChI is InChI=1S/C13H20O3/c1-9(2)11-6-5-10(3)13(15,7-11)8-12(14)16-4/h5,11,15H,1,6-8H2,2-4H3/t11-,13+/m0/s1. The number of aliphatic hydroxyl groups is 1. The Balaban J connectivity index is 2.84. The Morgan fingerprint density at radius 2 is 2.38 bits per heavy atom. The van der Waals surface area contributed by atoms with E-state index in [0.717, 1.165) is 17.6 Å². The van der Waals surface area contributed by atoms with Gasteiger partial charge in [-0.25, -0.2) is 0 Å². The minimum atomic E-state index is -1.06. The molecule has 0 aromatic carbocycles. The van der Waals surface area contributed by atoms with Gasteiger partial charge in [-0.2, -0.15) is 0 Å². The minimum absolute atomic E-state index is 0.0234. The predicted octanol–water partition coefficient (Wildman–Crippen LogP) is 2.21. The number of ether oxygens (including phenoxy) is 1. The van der Waals surface area contributed by atoms with Crippen LogP contribution in [-0.2, 0) is 9.53 Å². The molecule has 0 saturated heterocycles. The maximum Gasteiger partial charge on any atom is 0.308 e. The zero-order valence-electron chi connectivity index (χ0n) is 10.2. The molecule has 0 aliphatic heterocycles. The number of carbonyl (C=O) groups excluding carboxylic acids is 1. The van der Waals surface area contributed by atoms with Crippen LogP contribution in [0.3, 0.4) is 0 Å². The van der Waals surface area contributed by atoms with Gasteiger partial charge in [0.2, 0.25) is 0 Å². The van der Waals surface area contributed by atoms with E-state index in [1.54, 1.807) is 0 Å². The number of hydrogen-bond acceptors (Lipinski definition) is 3. The second-order valence-corrected chi connectivity index (χ2v) is 4.65. The maximum absolute atomic E-state index is 11.3. The van der Waals surface area contributed by atoms with Gasteiger partial charge in [0.05, 0.1) is 19.1 Å². The lowest BCUT2D eigenvalue weighted by atomic mass is 9.74. The first-order valence-corrected chi connectivity index (χ1v) is 5.51. The van der Waals surface area contributed by atoms with Crippen molar-refractivity contribution in [1.82, 2.24) is 0 Å². The van der Waals surface area contributed by atoms with E-state index < -0.39 is 5.60 Å². The number of rotatable bonds is 3. The summed E-state index contributed by atoms with van der Waals surface area (Å²) in [5.41, 5.74) is 0.844. The Morgan fingerprint density at radius 1 is 1.75 bits per heavy atom. The summed E-state index contributed by atoms with van der Waals surface area (Å²) in [6, 6.07) is 0. The zero-order valence-corrected chi connectivity index (χ0v) is 10.2. The second-order valence-electron chi connectivity index (χ2n) is 4.65. The van der Waals surface area contributed by atoms with Gasteiger partial charge in [0.1, 0.15) is 0 Å². The molecule has 3 heteroatoms. The quantitative estimate of drug-likeness (QED) is 0.590. The number of hydrogen-bond donors (Lipinski definition) is 1. The van der Waals surface area contributed by atoms with Crippen molar-refractivity contribution in [2.75, 3.05) is 7.11 Å². The molecule has 0 aromatic heterocycles. The van der Waals surface area contributed by atoms with E-state index in [9.17, 15) is 9.90 Å². The van der Waals surface area contributed by atoms with Gasteiger partial charge in [-0.3, -0.25) is 4.79 Å². The summed E-state index contributed by atoms with van der Waals surface area (Å²) >= 11 is 0. The fraction of sp³-hybridized carbons (Fsp3) is 0.615. The first-order chi connectivity index (χ1) is 7.39. The molecule has 0 spiro atoms. The van der Waals surface area contributed by atoms with Gasteiger partial charge in [-0.05, 0) is 38.2 Å². The highest BCUT2D eigenvalue weighted by Crippen LogP contribution is 2.37. The van der Waals surface area contributed by atoms with Crippen LogP contribution in [0, 0.1) is 5.92 Å². The highest BCUT2D eigenvalue weighted by atomic mass is 16.5. The molecule has 0 aromatic rings. The van der Waals surface area contributed by atoms with Crippen LogP contribution in [0.1, 0.15) is 33.1 Å². The van der Waals surface area contributed by atoms with E-state index in [2.05, 4.69) is 11.3 Å². The van der Waals surface area contributed by atoms with E-state index in [0.29, 0.717) is 6.42 Å². The molecular formula is C13H20O3. The Bertz CT molecular complexity index is 330. The molecule has 0 saturated carbocycles. The highest BCUT2D eigenvalue weighted by Gasteiger charge is 2.37. The third-order valence-electron chi connectivity index (χ3n) is 3.39. The SMILES string of the molecule is C=C(C)[C@H]1CC=C(C)[C@](O)(CC(=O)OC)C1. The monoisotopic (exact) mass is 224 g/mol. The minimum Gasteiger partial charge on any atom is -0.469 e. The van der Waals surface area contributed by atoms with E-state index in [-0.39, 0.29) is 18.3 Å². The molecule has 2 atom stereocenters. The van der Waals surface area contributed by atoms with E-state index in [4.69, 9.17) is 0 Å². The summed E-state index contributed by atoms with van der Waals surface area (Å²) in [5.74, 6) is -0.129. The lowest BCUT2D eigenvalue weighted by Crippen LogP contribution is -2.38. The van der Waals surface area contributed by atoms with Crippen LogP contribution in [0.4, 0.5) is 0 Å². The zero-order chi connectivity index (χ0) is 12.3. The predicted molar refractivity (Wildman–Crippen MR) is 62.9 cm³/mol. The molecule has 1 N–H and O–H groups in total. The maximum atomic E-state index is 11.3. The van der Waals surface area contributed by atoms with Crippen molar-refractivity contribution in [2.24, 2.45) is 5.92 Å². The average molecular weight is 224 g/mol. The molecule has 0 unspecified atom stereocenters. The summed E-state index contributed by atoms with van der Waals surface area (Å²) in [7, 11) is 1.34. The molecule has 0 fully saturated rings. The third-order valence-corrected chi connectivity index (χ3v) is 3.39. The average Bonchev–Trinajstić information content (AvgIpc) is 2.21. The fourth-order valence-electron chi connectivity index (χ4n) is 2.06. The second kappa shape index (κ2) is 4.83. The molecule has 1 rings (SSSR count). The topological polar surface area (TPSA) is 46.5 Å². The van der Waals surface area contributed by atoms with Gasteiger partial charge < -0.3 is 9.84 Å². The number of esters is 1. The summed E-state index contributed by atoms with van der Waals surface area (Å²) in [6.45, 7) is 7.73. The van der Waals surface area contributed by atoms with Gasteiger partial charge in [0.15, 0.2) is 0 Å². The molecule has 16 heavy (non-hydrogen) atoms. The largest absolute Gasteiger partial charge is 0.469 e. The highest BCUT2D eigenvalue weighted by molar-refractivity contribution is 5.71. The van der Waals surface area contributed by atoms with Crippen molar-refractivity contribution in [1.29, 1.82) is 0 Å². The van der Waals surface area contributed by atoms with Crippen LogP contribution < -0.4 is 0 Å². The molecule has 0 bridgehead atoms. The summed E-state index contributed by atoms with van der Waals surface area (Å²) < 4.78 is 4.61. The molecule has 1 aliphatic carbocycles. The third kappa shape index (κ3) is 2.73. The molecule has 0 amide bonds. The summed E-state index contributed by atoms with van der Waals surface area (Å²) in [6.07, 6.45) is 3.46. The molecule has 1 aliphatic rings. The normalized spacial score (nSPS) is 29.5. The van der Waals surface area contributed by atoms with Crippen LogP contribution in [0.15, 0.2) is 23.8 Å². The van der Waals surface area contributed by atoms with E-state index in [1.165, 1.54) is 7.11 Å². The van der Waals surface area contributed by atoms with Gasteiger partial charge in [0, 0.05) is 0 Å². The summed E-state index contributed by atoms with van der Waals surface area (Å²) in [4.78, 5) is 11.3. The van der Waals surface area contributed by atoms with Crippen molar-refractivity contribution in [3.63, 3.8) is 0 Å². The Hall–Kier alpha value is -1.09. The van der Waals surface area contributed by atoms with Crippen LogP contribution in [0.2, 0.25) is 0 Å². The lowest BCUT2D eigenvalue weighted by Gasteiger charge is -2.36. The van der Waals surface area contributed by atoms with Crippen molar-refractivity contribution in [3.8, 4) is 0 Å². The van der Waals surface area contributed by atoms with Crippen LogP contribution in [-0.4, -0.2) is 23.8 Å². The van der Waals surface area contributed by atoms with Gasteiger partial charge in [0.25, 0.3) is 0 Å². The Morgan fingerprint density at radius 3 is 2.88 bits per heavy atom. The smallest absolute Gasteiger partial charge is 0.308 e. The van der Waals surface area contributed by atoms with Crippen molar-refractivity contribution in [3.05, 3.63) is 23.8 Å². The Labute approximate surface area is 96.8 Å². The number of methoxy groups -OCH3 is 1. The van der Waals surface area contributed by atoms with Crippen LogP contribution in [0.5, 0.6) is 0 Å². The fourth-order valence-corrected chi connectivity index (χ4v) is 2.06. The van der Waals surface area contributed by atoms with Gasteiger partial charge >= 0.3 is 5.97 Å². The van der Waals surface area contributed by atoms with Crippen molar-refractivity contribution < 1.29 is 14.6 Å². The number of carbonyl (C=O) groups is 1. The lowest BCUT2D eigenvalue weighted by molar-refractivity contribution is -0.145. The molecule has 0 radical (unpaired) electrons. The Kier molecular flexibility index (Phi) is 3.92. The van der Waals surface area contributed by atoms with Gasteiger partial charge in [-0.1, -0.05) is 18.2 Å². The number of allylic oxidation sites excluding steroid dienone is 2. The van der Waals surface area contributed by atoms with Crippen molar-refractivity contribution >= 4 is 5.97 Å². The van der Waals surface area contributed by atoms with Crippen molar-refractivity contribution in [2.45, 2.75) is 38.7 Å². The first kappa shape index (κ1) is 13.0. The summed E-state index contributed by atoms with van der Waals surface area (Å²) in [5, 5.41) is 10.5. The van der Waals surface area contributed by atoms with E-state index in [1.807, 2.05) is 19.9 Å². The van der Waals surface area contributed by atoms with Crippen LogP contribution >= 0.6 is 0 Å². The van der Waals surface area contributed by atoms with E-state index >= 15 is 0 Å². The first-order valence-electron chi connectivity index (χ1n) is 5.51. The molecule has 90 valence electrons. The van der Waals surface area contributed by atoms with Gasteiger partial charge in [-0.15, -0.1) is 0 Å².